The van der Waals surface area contributed by atoms with Crippen molar-refractivity contribution >= 4 is 41.3 Å². The lowest BCUT2D eigenvalue weighted by molar-refractivity contribution is 0.260. The molecule has 0 amide bonds. The van der Waals surface area contributed by atoms with Gasteiger partial charge in [-0.1, -0.05) is 26.2 Å². The molecule has 0 bridgehead atoms. The van der Waals surface area contributed by atoms with Crippen LogP contribution in [0.3, 0.4) is 0 Å². The normalized spacial score (nSPS) is 15.2. The zero-order chi connectivity index (χ0) is 14.9. The molecule has 126 valence electrons. The first kappa shape index (κ1) is 19.7. The lowest BCUT2D eigenvalue weighted by Crippen LogP contribution is -2.40. The van der Waals surface area contributed by atoms with Gasteiger partial charge in [-0.2, -0.15) is 0 Å². The maximum absolute atomic E-state index is 5.89. The van der Waals surface area contributed by atoms with Crippen molar-refractivity contribution in [1.29, 1.82) is 0 Å². The highest BCUT2D eigenvalue weighted by molar-refractivity contribution is 14.0. The number of rotatable bonds is 8. The topological polar surface area (TPSA) is 53.6 Å². The summed E-state index contributed by atoms with van der Waals surface area (Å²) in [4.78, 5) is 8.42. The van der Waals surface area contributed by atoms with E-state index in [9.17, 15) is 0 Å². The molecule has 3 N–H and O–H groups in total. The molecule has 2 heterocycles. The molecule has 1 aliphatic rings. The van der Waals surface area contributed by atoms with E-state index >= 15 is 0 Å². The Labute approximate surface area is 155 Å². The maximum atomic E-state index is 5.89. The zero-order valence-corrected chi connectivity index (χ0v) is 16.7. The zero-order valence-electron chi connectivity index (χ0n) is 13.5. The van der Waals surface area contributed by atoms with Crippen LogP contribution in [0, 0.1) is 0 Å². The van der Waals surface area contributed by atoms with Crippen molar-refractivity contribution < 1.29 is 0 Å². The largest absolute Gasteiger partial charge is 0.370 e. The number of aliphatic imine (C=N–C) groups is 1. The first-order valence-electron chi connectivity index (χ1n) is 8.11. The highest BCUT2D eigenvalue weighted by Crippen LogP contribution is 2.23. The van der Waals surface area contributed by atoms with Gasteiger partial charge in [0.15, 0.2) is 5.96 Å². The fraction of sp³-hybridized carbons (Fsp3) is 0.688. The van der Waals surface area contributed by atoms with Gasteiger partial charge in [0, 0.05) is 37.6 Å². The second-order valence-electron chi connectivity index (χ2n) is 5.65. The van der Waals surface area contributed by atoms with Crippen molar-refractivity contribution in [3.63, 3.8) is 0 Å². The van der Waals surface area contributed by atoms with Gasteiger partial charge in [0.25, 0.3) is 0 Å². The Balaban J connectivity index is 0.00000242. The number of thiophene rings is 1. The van der Waals surface area contributed by atoms with Crippen molar-refractivity contribution in [3.8, 4) is 0 Å². The molecule has 0 saturated heterocycles. The van der Waals surface area contributed by atoms with Gasteiger partial charge in [-0.25, -0.2) is 0 Å². The average Bonchev–Trinajstić information content (AvgIpc) is 2.94. The third-order valence-corrected chi connectivity index (χ3v) is 4.94. The third kappa shape index (κ3) is 6.83. The molecule has 0 atom stereocenters. The molecule has 4 nitrogen and oxygen atoms in total. The molecule has 6 heteroatoms. The predicted molar refractivity (Wildman–Crippen MR) is 107 cm³/mol. The van der Waals surface area contributed by atoms with Gasteiger partial charge < -0.3 is 11.1 Å². The highest BCUT2D eigenvalue weighted by atomic mass is 127. The molecule has 0 unspecified atom stereocenters. The van der Waals surface area contributed by atoms with E-state index in [1.807, 2.05) is 11.3 Å². The van der Waals surface area contributed by atoms with Crippen LogP contribution in [-0.4, -0.2) is 37.0 Å². The van der Waals surface area contributed by atoms with Gasteiger partial charge in [-0.15, -0.1) is 35.3 Å². The van der Waals surface area contributed by atoms with E-state index in [1.165, 1.54) is 31.2 Å². The number of hydrogen-bond acceptors (Lipinski definition) is 3. The number of hydrogen-bond donors (Lipinski definition) is 2. The Hall–Kier alpha value is -0.340. The number of guanidine groups is 1. The van der Waals surface area contributed by atoms with Crippen LogP contribution in [0.1, 0.15) is 43.0 Å². The summed E-state index contributed by atoms with van der Waals surface area (Å²) in [6.45, 7) is 7.21. The number of unbranched alkanes of at least 4 members (excludes halogenated alkanes) is 3. The summed E-state index contributed by atoms with van der Waals surface area (Å²) in [5.74, 6) is 0.597. The Kier molecular flexibility index (Phi) is 10.1. The van der Waals surface area contributed by atoms with Crippen LogP contribution in [-0.2, 0) is 13.0 Å². The summed E-state index contributed by atoms with van der Waals surface area (Å²) in [5, 5.41) is 5.43. The number of nitrogens with zero attached hydrogens (tertiary/aromatic N) is 2. The number of nitrogens with two attached hydrogens (primary N) is 1. The van der Waals surface area contributed by atoms with Crippen molar-refractivity contribution in [3.05, 3.63) is 21.9 Å². The summed E-state index contributed by atoms with van der Waals surface area (Å²) in [6, 6.07) is 2.26. The van der Waals surface area contributed by atoms with Gasteiger partial charge >= 0.3 is 0 Å². The molecule has 1 aromatic heterocycles. The monoisotopic (exact) mass is 436 g/mol. The van der Waals surface area contributed by atoms with Crippen LogP contribution in [0.5, 0.6) is 0 Å². The fourth-order valence-electron chi connectivity index (χ4n) is 2.63. The minimum Gasteiger partial charge on any atom is -0.370 e. The second-order valence-corrected chi connectivity index (χ2v) is 6.65. The van der Waals surface area contributed by atoms with Crippen LogP contribution in [0.2, 0.25) is 0 Å². The molecule has 1 aliphatic heterocycles. The molecule has 2 rings (SSSR count). The minimum absolute atomic E-state index is 0. The summed E-state index contributed by atoms with van der Waals surface area (Å²) in [5.41, 5.74) is 7.39. The molecule has 0 fully saturated rings. The number of halogens is 1. The van der Waals surface area contributed by atoms with Gasteiger partial charge in [0.1, 0.15) is 0 Å². The maximum Gasteiger partial charge on any atom is 0.188 e. The van der Waals surface area contributed by atoms with Crippen LogP contribution >= 0.6 is 35.3 Å². The van der Waals surface area contributed by atoms with Crippen molar-refractivity contribution in [1.82, 2.24) is 10.2 Å². The van der Waals surface area contributed by atoms with Crippen molar-refractivity contribution in [2.75, 3.05) is 26.2 Å². The van der Waals surface area contributed by atoms with E-state index < -0.39 is 0 Å². The smallest absolute Gasteiger partial charge is 0.188 e. The first-order valence-corrected chi connectivity index (χ1v) is 8.99. The minimum atomic E-state index is 0. The van der Waals surface area contributed by atoms with Crippen LogP contribution in [0.4, 0.5) is 0 Å². The van der Waals surface area contributed by atoms with Crippen LogP contribution < -0.4 is 11.1 Å². The number of nitrogens with one attached hydrogen (secondary N) is 1. The van der Waals surface area contributed by atoms with Crippen LogP contribution in [0.15, 0.2) is 16.4 Å². The Bertz CT molecular complexity index is 447. The van der Waals surface area contributed by atoms with Crippen molar-refractivity contribution in [2.24, 2.45) is 10.7 Å². The Morgan fingerprint density at radius 3 is 3.09 bits per heavy atom. The van der Waals surface area contributed by atoms with E-state index in [0.29, 0.717) is 5.96 Å². The van der Waals surface area contributed by atoms with E-state index in [0.717, 1.165) is 39.1 Å². The van der Waals surface area contributed by atoms with Crippen molar-refractivity contribution in [2.45, 2.75) is 45.6 Å². The molecular formula is C16H29IN4S. The van der Waals surface area contributed by atoms with Gasteiger partial charge in [-0.3, -0.25) is 9.89 Å². The predicted octanol–water partition coefficient (Wildman–Crippen LogP) is 3.21. The second kappa shape index (κ2) is 11.2. The molecule has 0 saturated carbocycles. The average molecular weight is 436 g/mol. The standard InChI is InChI=1S/C16H28N4S.HI/c1-2-3-4-5-8-18-16(17)19-9-11-20-10-6-15-14(13-20)7-12-21-15;/h7,12H,2-6,8-11,13H2,1H3,(H3,17,18,19);1H. The lowest BCUT2D eigenvalue weighted by atomic mass is 10.1. The molecular weight excluding hydrogens is 407 g/mol. The summed E-state index contributed by atoms with van der Waals surface area (Å²) < 4.78 is 0. The summed E-state index contributed by atoms with van der Waals surface area (Å²) in [7, 11) is 0. The lowest BCUT2D eigenvalue weighted by Gasteiger charge is -2.26. The molecule has 0 spiro atoms. The molecule has 0 radical (unpaired) electrons. The first-order chi connectivity index (χ1) is 10.3. The molecule has 22 heavy (non-hydrogen) atoms. The summed E-state index contributed by atoms with van der Waals surface area (Å²) in [6.07, 6.45) is 6.14. The van der Waals surface area contributed by atoms with Crippen LogP contribution in [0.25, 0.3) is 0 Å². The number of fused-ring (bicyclic) bond motifs is 1. The van der Waals surface area contributed by atoms with Gasteiger partial charge in [-0.05, 0) is 29.9 Å². The summed E-state index contributed by atoms with van der Waals surface area (Å²) >= 11 is 1.89. The van der Waals surface area contributed by atoms with E-state index in [1.54, 1.807) is 4.88 Å². The molecule has 1 aromatic rings. The van der Waals surface area contributed by atoms with E-state index in [4.69, 9.17) is 5.73 Å². The molecule has 0 aliphatic carbocycles. The third-order valence-electron chi connectivity index (χ3n) is 3.91. The SMILES string of the molecule is CCCCCCN=C(N)NCCN1CCc2sccc2C1.I. The van der Waals surface area contributed by atoms with E-state index in [2.05, 4.69) is 33.6 Å². The molecule has 0 aromatic carbocycles. The van der Waals surface area contributed by atoms with E-state index in [-0.39, 0.29) is 24.0 Å². The van der Waals surface area contributed by atoms with Gasteiger partial charge in [0.05, 0.1) is 0 Å². The quantitative estimate of drug-likeness (QED) is 0.285. The fourth-order valence-corrected chi connectivity index (χ4v) is 3.52. The highest BCUT2D eigenvalue weighted by Gasteiger charge is 2.16. The Morgan fingerprint density at radius 2 is 2.27 bits per heavy atom. The van der Waals surface area contributed by atoms with Gasteiger partial charge in [0.2, 0.25) is 0 Å². The Morgan fingerprint density at radius 1 is 1.41 bits per heavy atom.